The number of hydrogen-bond donors (Lipinski definition) is 1. The van der Waals surface area contributed by atoms with Crippen molar-refractivity contribution in [2.75, 3.05) is 31.9 Å². The van der Waals surface area contributed by atoms with Gasteiger partial charge < -0.3 is 5.73 Å². The Hall–Kier alpha value is -1.06. The van der Waals surface area contributed by atoms with E-state index in [4.69, 9.17) is 5.73 Å². The molecule has 2 fully saturated rings. The molecular weight excluding hydrogens is 222 g/mol. The summed E-state index contributed by atoms with van der Waals surface area (Å²) in [4.78, 5) is 5.27. The molecule has 98 valence electrons. The van der Waals surface area contributed by atoms with Crippen molar-refractivity contribution >= 4 is 5.69 Å². The molecule has 3 nitrogen and oxygen atoms in total. The lowest BCUT2D eigenvalue weighted by molar-refractivity contribution is 0.0770. The van der Waals surface area contributed by atoms with Crippen molar-refractivity contribution in [2.24, 2.45) is 0 Å². The van der Waals surface area contributed by atoms with Gasteiger partial charge in [0, 0.05) is 37.4 Å². The van der Waals surface area contributed by atoms with Gasteiger partial charge in [-0.25, -0.2) is 0 Å². The number of nitrogen functional groups attached to an aromatic ring is 1. The van der Waals surface area contributed by atoms with E-state index in [-0.39, 0.29) is 0 Å². The summed E-state index contributed by atoms with van der Waals surface area (Å²) in [6.45, 7) is 7.25. The molecule has 0 amide bonds. The third-order valence-electron chi connectivity index (χ3n) is 4.56. The minimum absolute atomic E-state index is 0.483. The highest BCUT2D eigenvalue weighted by atomic mass is 15.3. The Labute approximate surface area is 110 Å². The number of nitrogens with two attached hydrogens (primary N) is 1. The van der Waals surface area contributed by atoms with Crippen LogP contribution in [0.25, 0.3) is 0 Å². The Morgan fingerprint density at radius 2 is 2.17 bits per heavy atom. The van der Waals surface area contributed by atoms with Crippen LogP contribution in [-0.2, 0) is 0 Å². The van der Waals surface area contributed by atoms with E-state index in [1.165, 1.54) is 44.6 Å². The summed E-state index contributed by atoms with van der Waals surface area (Å²) in [7, 11) is 0. The van der Waals surface area contributed by atoms with Crippen LogP contribution in [0.4, 0.5) is 5.69 Å². The van der Waals surface area contributed by atoms with Crippen molar-refractivity contribution in [3.05, 3.63) is 29.8 Å². The van der Waals surface area contributed by atoms with Crippen molar-refractivity contribution in [1.82, 2.24) is 9.80 Å². The van der Waals surface area contributed by atoms with Gasteiger partial charge in [-0.1, -0.05) is 12.1 Å². The molecule has 0 radical (unpaired) electrons. The van der Waals surface area contributed by atoms with Gasteiger partial charge in [0.25, 0.3) is 0 Å². The second-order valence-electron chi connectivity index (χ2n) is 5.67. The molecular formula is C15H23N3. The third-order valence-corrected chi connectivity index (χ3v) is 4.56. The SMILES string of the molecule is CC(c1cccc(N)c1)N1CCN2CCCC2C1. The van der Waals surface area contributed by atoms with Crippen LogP contribution in [0.15, 0.2) is 24.3 Å². The molecule has 1 aromatic carbocycles. The quantitative estimate of drug-likeness (QED) is 0.810. The van der Waals surface area contributed by atoms with E-state index in [0.29, 0.717) is 6.04 Å². The van der Waals surface area contributed by atoms with Crippen molar-refractivity contribution in [3.8, 4) is 0 Å². The summed E-state index contributed by atoms with van der Waals surface area (Å²) in [6.07, 6.45) is 2.76. The van der Waals surface area contributed by atoms with Crippen LogP contribution in [0.5, 0.6) is 0 Å². The van der Waals surface area contributed by atoms with Gasteiger partial charge in [-0.3, -0.25) is 9.80 Å². The summed E-state index contributed by atoms with van der Waals surface area (Å²) in [6, 6.07) is 9.62. The number of anilines is 1. The van der Waals surface area contributed by atoms with Crippen LogP contribution in [0.2, 0.25) is 0 Å². The molecule has 18 heavy (non-hydrogen) atoms. The number of fused-ring (bicyclic) bond motifs is 1. The predicted octanol–water partition coefficient (Wildman–Crippen LogP) is 2.11. The number of piperazine rings is 1. The first-order chi connectivity index (χ1) is 8.74. The molecule has 2 heterocycles. The first-order valence-corrected chi connectivity index (χ1v) is 7.07. The molecule has 0 bridgehead atoms. The summed E-state index contributed by atoms with van der Waals surface area (Å²) >= 11 is 0. The van der Waals surface area contributed by atoms with Crippen LogP contribution in [0.1, 0.15) is 31.4 Å². The molecule has 0 spiro atoms. The summed E-state index contributed by atoms with van der Waals surface area (Å²) < 4.78 is 0. The van der Waals surface area contributed by atoms with Crippen LogP contribution < -0.4 is 5.73 Å². The predicted molar refractivity (Wildman–Crippen MR) is 75.4 cm³/mol. The Kier molecular flexibility index (Phi) is 3.27. The maximum Gasteiger partial charge on any atom is 0.0321 e. The molecule has 2 atom stereocenters. The van der Waals surface area contributed by atoms with Gasteiger partial charge in [-0.05, 0) is 44.0 Å². The van der Waals surface area contributed by atoms with E-state index in [0.717, 1.165) is 11.7 Å². The third kappa shape index (κ3) is 2.25. The zero-order chi connectivity index (χ0) is 12.5. The van der Waals surface area contributed by atoms with E-state index < -0.39 is 0 Å². The van der Waals surface area contributed by atoms with Gasteiger partial charge in [-0.2, -0.15) is 0 Å². The Bertz CT molecular complexity index is 418. The standard InChI is InChI=1S/C15H23N3/c1-12(13-4-2-5-14(16)10-13)18-9-8-17-7-3-6-15(17)11-18/h2,4-5,10,12,15H,3,6-9,11,16H2,1H3. The molecule has 0 aromatic heterocycles. The smallest absolute Gasteiger partial charge is 0.0321 e. The van der Waals surface area contributed by atoms with Gasteiger partial charge in [-0.15, -0.1) is 0 Å². The number of rotatable bonds is 2. The largest absolute Gasteiger partial charge is 0.399 e. The molecule has 2 N–H and O–H groups in total. The van der Waals surface area contributed by atoms with Gasteiger partial charge in [0.2, 0.25) is 0 Å². The molecule has 1 aromatic rings. The van der Waals surface area contributed by atoms with E-state index in [2.05, 4.69) is 34.9 Å². The highest BCUT2D eigenvalue weighted by Crippen LogP contribution is 2.28. The highest BCUT2D eigenvalue weighted by molar-refractivity contribution is 5.41. The minimum Gasteiger partial charge on any atom is -0.399 e. The Morgan fingerprint density at radius 1 is 1.28 bits per heavy atom. The van der Waals surface area contributed by atoms with Gasteiger partial charge in [0.05, 0.1) is 0 Å². The lowest BCUT2D eigenvalue weighted by atomic mass is 10.0. The molecule has 3 heteroatoms. The topological polar surface area (TPSA) is 32.5 Å². The first kappa shape index (κ1) is 12.0. The lowest BCUT2D eigenvalue weighted by Gasteiger charge is -2.40. The molecule has 2 aliphatic rings. The second kappa shape index (κ2) is 4.90. The average molecular weight is 245 g/mol. The minimum atomic E-state index is 0.483. The van der Waals surface area contributed by atoms with E-state index in [1.807, 2.05) is 6.07 Å². The monoisotopic (exact) mass is 245 g/mol. The lowest BCUT2D eigenvalue weighted by Crippen LogP contribution is -2.50. The molecule has 2 saturated heterocycles. The van der Waals surface area contributed by atoms with E-state index in [1.54, 1.807) is 0 Å². The van der Waals surface area contributed by atoms with Crippen molar-refractivity contribution in [2.45, 2.75) is 31.8 Å². The van der Waals surface area contributed by atoms with Crippen LogP contribution in [0, 0.1) is 0 Å². The number of hydrogen-bond acceptors (Lipinski definition) is 3. The summed E-state index contributed by atoms with van der Waals surface area (Å²) in [5.74, 6) is 0. The molecule has 0 saturated carbocycles. The van der Waals surface area contributed by atoms with Crippen LogP contribution in [-0.4, -0.2) is 42.0 Å². The summed E-state index contributed by atoms with van der Waals surface area (Å²) in [5, 5.41) is 0. The normalized spacial score (nSPS) is 27.1. The summed E-state index contributed by atoms with van der Waals surface area (Å²) in [5.41, 5.74) is 8.11. The van der Waals surface area contributed by atoms with Gasteiger partial charge >= 0.3 is 0 Å². The number of benzene rings is 1. The maximum atomic E-state index is 5.88. The zero-order valence-corrected chi connectivity index (χ0v) is 11.2. The zero-order valence-electron chi connectivity index (χ0n) is 11.2. The molecule has 2 unspecified atom stereocenters. The fraction of sp³-hybridized carbons (Fsp3) is 0.600. The highest BCUT2D eigenvalue weighted by Gasteiger charge is 2.32. The average Bonchev–Trinajstić information content (AvgIpc) is 2.85. The fourth-order valence-electron chi connectivity index (χ4n) is 3.40. The Morgan fingerprint density at radius 3 is 3.00 bits per heavy atom. The molecule has 0 aliphatic carbocycles. The fourth-order valence-corrected chi connectivity index (χ4v) is 3.40. The maximum absolute atomic E-state index is 5.88. The Balaban J connectivity index is 1.71. The molecule has 3 rings (SSSR count). The van der Waals surface area contributed by atoms with Crippen molar-refractivity contribution < 1.29 is 0 Å². The second-order valence-corrected chi connectivity index (χ2v) is 5.67. The van der Waals surface area contributed by atoms with Crippen LogP contribution in [0.3, 0.4) is 0 Å². The van der Waals surface area contributed by atoms with E-state index >= 15 is 0 Å². The van der Waals surface area contributed by atoms with Crippen molar-refractivity contribution in [3.63, 3.8) is 0 Å². The van der Waals surface area contributed by atoms with Gasteiger partial charge in [0.15, 0.2) is 0 Å². The first-order valence-electron chi connectivity index (χ1n) is 7.07. The van der Waals surface area contributed by atoms with Crippen LogP contribution >= 0.6 is 0 Å². The molecule has 2 aliphatic heterocycles. The van der Waals surface area contributed by atoms with Gasteiger partial charge in [0.1, 0.15) is 0 Å². The number of nitrogens with zero attached hydrogens (tertiary/aromatic N) is 2. The van der Waals surface area contributed by atoms with Crippen molar-refractivity contribution in [1.29, 1.82) is 0 Å². The van der Waals surface area contributed by atoms with E-state index in [9.17, 15) is 0 Å².